The van der Waals surface area contributed by atoms with Crippen LogP contribution in [-0.4, -0.2) is 55.9 Å². The fourth-order valence-electron chi connectivity index (χ4n) is 2.81. The van der Waals surface area contributed by atoms with E-state index in [0.717, 1.165) is 31.5 Å². The van der Waals surface area contributed by atoms with E-state index in [9.17, 15) is 9.90 Å². The van der Waals surface area contributed by atoms with E-state index in [1.807, 2.05) is 23.1 Å². The molecule has 122 valence electrons. The van der Waals surface area contributed by atoms with Crippen LogP contribution in [0.2, 0.25) is 0 Å². The van der Waals surface area contributed by atoms with Gasteiger partial charge in [0.15, 0.2) is 0 Å². The van der Waals surface area contributed by atoms with E-state index >= 15 is 0 Å². The average molecular weight is 307 g/mol. The van der Waals surface area contributed by atoms with Crippen molar-refractivity contribution in [3.63, 3.8) is 0 Å². The van der Waals surface area contributed by atoms with E-state index in [4.69, 9.17) is 9.47 Å². The smallest absolute Gasteiger partial charge is 0.248 e. The maximum atomic E-state index is 12.0. The first-order valence-corrected chi connectivity index (χ1v) is 7.76. The van der Waals surface area contributed by atoms with Gasteiger partial charge in [0, 0.05) is 20.2 Å². The van der Waals surface area contributed by atoms with Gasteiger partial charge in [0.05, 0.1) is 19.8 Å². The predicted octanol–water partition coefficient (Wildman–Crippen LogP) is 1.23. The van der Waals surface area contributed by atoms with Gasteiger partial charge >= 0.3 is 0 Å². The second-order valence-corrected chi connectivity index (χ2v) is 5.72. The van der Waals surface area contributed by atoms with Gasteiger partial charge in [-0.25, -0.2) is 0 Å². The molecule has 1 saturated heterocycles. The van der Waals surface area contributed by atoms with Crippen molar-refractivity contribution in [3.05, 3.63) is 35.4 Å². The van der Waals surface area contributed by atoms with Gasteiger partial charge in [-0.3, -0.25) is 4.79 Å². The normalized spacial score (nSPS) is 17.9. The van der Waals surface area contributed by atoms with E-state index < -0.39 is 0 Å². The number of carbonyl (C=O) groups is 1. The molecule has 1 amide bonds. The number of aliphatic hydroxyl groups excluding tert-OH is 1. The highest BCUT2D eigenvalue weighted by Gasteiger charge is 2.26. The molecule has 1 N–H and O–H groups in total. The molecule has 0 spiro atoms. The molecule has 1 aromatic rings. The number of rotatable bonds is 8. The van der Waals surface area contributed by atoms with E-state index in [0.29, 0.717) is 19.1 Å². The minimum Gasteiger partial charge on any atom is -0.392 e. The third-order valence-corrected chi connectivity index (χ3v) is 3.99. The summed E-state index contributed by atoms with van der Waals surface area (Å²) in [7, 11) is 1.61. The number of aliphatic hydroxyl groups is 1. The molecule has 0 unspecified atom stereocenters. The zero-order chi connectivity index (χ0) is 15.8. The van der Waals surface area contributed by atoms with Crippen molar-refractivity contribution in [1.29, 1.82) is 0 Å². The number of hydrogen-bond acceptors (Lipinski definition) is 4. The van der Waals surface area contributed by atoms with Gasteiger partial charge in [-0.2, -0.15) is 0 Å². The Labute approximate surface area is 131 Å². The third-order valence-electron chi connectivity index (χ3n) is 3.99. The lowest BCUT2D eigenvalue weighted by Gasteiger charge is -2.16. The number of methoxy groups -OCH3 is 1. The molecule has 0 saturated carbocycles. The number of carbonyl (C=O) groups excluding carboxylic acids is 1. The number of nitrogens with zero attached hydrogens (tertiary/aromatic N) is 1. The van der Waals surface area contributed by atoms with Crippen molar-refractivity contribution in [2.45, 2.75) is 19.4 Å². The van der Waals surface area contributed by atoms with Crippen LogP contribution in [-0.2, 0) is 27.3 Å². The fourth-order valence-corrected chi connectivity index (χ4v) is 2.81. The Morgan fingerprint density at radius 3 is 2.95 bits per heavy atom. The van der Waals surface area contributed by atoms with Crippen LogP contribution in [0.3, 0.4) is 0 Å². The van der Waals surface area contributed by atoms with Crippen LogP contribution >= 0.6 is 0 Å². The Bertz CT molecular complexity index is 477. The zero-order valence-electron chi connectivity index (χ0n) is 13.2. The van der Waals surface area contributed by atoms with Crippen LogP contribution in [0.4, 0.5) is 0 Å². The Balaban J connectivity index is 1.76. The van der Waals surface area contributed by atoms with Crippen LogP contribution in [0, 0.1) is 5.92 Å². The molecule has 0 aliphatic carbocycles. The standard InChI is InChI=1S/C17H25NO4/c1-21-7-8-22-13-17(20)18-6-5-15(11-18)9-14-3-2-4-16(10-14)12-19/h2-4,10,15,19H,5-9,11-13H2,1H3/t15-/m1/s1. The van der Waals surface area contributed by atoms with Gasteiger partial charge in [0.2, 0.25) is 5.91 Å². The summed E-state index contributed by atoms with van der Waals surface area (Å²) in [6.07, 6.45) is 1.97. The molecule has 1 aliphatic heterocycles. The summed E-state index contributed by atoms with van der Waals surface area (Å²) in [4.78, 5) is 13.9. The summed E-state index contributed by atoms with van der Waals surface area (Å²) in [5.74, 6) is 0.541. The van der Waals surface area contributed by atoms with Crippen molar-refractivity contribution < 1.29 is 19.4 Å². The van der Waals surface area contributed by atoms with Crippen molar-refractivity contribution in [2.24, 2.45) is 5.92 Å². The highest BCUT2D eigenvalue weighted by atomic mass is 16.5. The number of hydrogen-bond donors (Lipinski definition) is 1. The molecule has 5 heteroatoms. The summed E-state index contributed by atoms with van der Waals surface area (Å²) < 4.78 is 10.2. The van der Waals surface area contributed by atoms with Crippen molar-refractivity contribution in [1.82, 2.24) is 4.90 Å². The molecule has 0 radical (unpaired) electrons. The minimum atomic E-state index is 0.0581. The van der Waals surface area contributed by atoms with Crippen molar-refractivity contribution in [2.75, 3.05) is 40.0 Å². The zero-order valence-corrected chi connectivity index (χ0v) is 13.2. The quantitative estimate of drug-likeness (QED) is 0.734. The number of amides is 1. The molecular formula is C17H25NO4. The lowest BCUT2D eigenvalue weighted by molar-refractivity contribution is -0.135. The summed E-state index contributed by atoms with van der Waals surface area (Å²) in [6, 6.07) is 8.02. The Hall–Kier alpha value is -1.43. The number of benzene rings is 1. The maximum absolute atomic E-state index is 12.0. The molecule has 0 aromatic heterocycles. The second kappa shape index (κ2) is 8.88. The predicted molar refractivity (Wildman–Crippen MR) is 83.5 cm³/mol. The Kier molecular flexibility index (Phi) is 6.83. The van der Waals surface area contributed by atoms with Gasteiger partial charge < -0.3 is 19.5 Å². The molecular weight excluding hydrogens is 282 g/mol. The van der Waals surface area contributed by atoms with Crippen molar-refractivity contribution >= 4 is 5.91 Å². The third kappa shape index (κ3) is 5.09. The van der Waals surface area contributed by atoms with E-state index in [1.165, 1.54) is 5.56 Å². The first-order valence-electron chi connectivity index (χ1n) is 7.76. The molecule has 1 atom stereocenters. The summed E-state index contributed by atoms with van der Waals surface area (Å²) in [5.41, 5.74) is 2.16. The molecule has 1 fully saturated rings. The van der Waals surface area contributed by atoms with Crippen LogP contribution < -0.4 is 0 Å². The van der Waals surface area contributed by atoms with E-state index in [-0.39, 0.29) is 19.1 Å². The Morgan fingerprint density at radius 1 is 1.36 bits per heavy atom. The number of likely N-dealkylation sites (tertiary alicyclic amines) is 1. The molecule has 5 nitrogen and oxygen atoms in total. The van der Waals surface area contributed by atoms with Crippen LogP contribution in [0.1, 0.15) is 17.5 Å². The summed E-state index contributed by atoms with van der Waals surface area (Å²) in [5, 5.41) is 9.18. The SMILES string of the molecule is COCCOCC(=O)N1CC[C@H](Cc2cccc(CO)c2)C1. The maximum Gasteiger partial charge on any atom is 0.248 e. The summed E-state index contributed by atoms with van der Waals surface area (Å²) in [6.45, 7) is 2.76. The Morgan fingerprint density at radius 2 is 2.18 bits per heavy atom. The summed E-state index contributed by atoms with van der Waals surface area (Å²) >= 11 is 0. The topological polar surface area (TPSA) is 59.0 Å². The van der Waals surface area contributed by atoms with E-state index in [1.54, 1.807) is 7.11 Å². The number of ether oxygens (including phenoxy) is 2. The lowest BCUT2D eigenvalue weighted by atomic mass is 9.97. The van der Waals surface area contributed by atoms with Gasteiger partial charge in [-0.15, -0.1) is 0 Å². The van der Waals surface area contributed by atoms with Gasteiger partial charge in [0.1, 0.15) is 6.61 Å². The highest BCUT2D eigenvalue weighted by molar-refractivity contribution is 5.77. The van der Waals surface area contributed by atoms with Gasteiger partial charge in [-0.1, -0.05) is 24.3 Å². The highest BCUT2D eigenvalue weighted by Crippen LogP contribution is 2.21. The molecule has 1 heterocycles. The molecule has 2 rings (SSSR count). The largest absolute Gasteiger partial charge is 0.392 e. The minimum absolute atomic E-state index is 0.0581. The second-order valence-electron chi connectivity index (χ2n) is 5.72. The fraction of sp³-hybridized carbons (Fsp3) is 0.588. The van der Waals surface area contributed by atoms with Crippen molar-refractivity contribution in [3.8, 4) is 0 Å². The van der Waals surface area contributed by atoms with Crippen LogP contribution in [0.5, 0.6) is 0 Å². The van der Waals surface area contributed by atoms with Gasteiger partial charge in [0.25, 0.3) is 0 Å². The molecule has 0 bridgehead atoms. The average Bonchev–Trinajstić information content (AvgIpc) is 3.00. The first-order chi connectivity index (χ1) is 10.7. The lowest BCUT2D eigenvalue weighted by Crippen LogP contribution is -2.32. The van der Waals surface area contributed by atoms with Crippen LogP contribution in [0.15, 0.2) is 24.3 Å². The molecule has 1 aliphatic rings. The molecule has 1 aromatic carbocycles. The van der Waals surface area contributed by atoms with Crippen LogP contribution in [0.25, 0.3) is 0 Å². The monoisotopic (exact) mass is 307 g/mol. The van der Waals surface area contributed by atoms with E-state index in [2.05, 4.69) is 6.07 Å². The van der Waals surface area contributed by atoms with Gasteiger partial charge in [-0.05, 0) is 29.9 Å². The first kappa shape index (κ1) is 16.9. The molecule has 22 heavy (non-hydrogen) atoms.